The summed E-state index contributed by atoms with van der Waals surface area (Å²) in [5.74, 6) is 0. The minimum absolute atomic E-state index is 0.508. The first-order valence-electron chi connectivity index (χ1n) is 8.91. The van der Waals surface area contributed by atoms with Gasteiger partial charge in [-0.2, -0.15) is 0 Å². The second-order valence-electron chi connectivity index (χ2n) is 6.34. The Kier molecular flexibility index (Phi) is 7.83. The van der Waals surface area contributed by atoms with E-state index in [-0.39, 0.29) is 0 Å². The quantitative estimate of drug-likeness (QED) is 0.714. The third-order valence-corrected chi connectivity index (χ3v) is 4.51. The van der Waals surface area contributed by atoms with E-state index in [1.165, 1.54) is 70.1 Å². The van der Waals surface area contributed by atoms with Gasteiger partial charge in [0.25, 0.3) is 0 Å². The van der Waals surface area contributed by atoms with Crippen LogP contribution < -0.4 is 5.32 Å². The normalized spacial score (nSPS) is 20.3. The molecule has 1 aliphatic heterocycles. The lowest BCUT2D eigenvalue weighted by Crippen LogP contribution is -2.32. The molecule has 1 N–H and O–H groups in total. The molecule has 1 unspecified atom stereocenters. The fourth-order valence-corrected chi connectivity index (χ4v) is 3.22. The van der Waals surface area contributed by atoms with Crippen molar-refractivity contribution in [1.82, 2.24) is 10.2 Å². The van der Waals surface area contributed by atoms with Crippen LogP contribution in [0.2, 0.25) is 0 Å². The number of hydrogen-bond donors (Lipinski definition) is 1. The van der Waals surface area contributed by atoms with Gasteiger partial charge in [-0.3, -0.25) is 0 Å². The van der Waals surface area contributed by atoms with Crippen molar-refractivity contribution in [2.45, 2.75) is 57.9 Å². The second-order valence-corrected chi connectivity index (χ2v) is 6.34. The number of rotatable bonds is 8. The maximum Gasteiger partial charge on any atom is 0.0449 e. The van der Waals surface area contributed by atoms with E-state index in [9.17, 15) is 0 Å². The molecule has 1 aliphatic rings. The summed E-state index contributed by atoms with van der Waals surface area (Å²) in [5, 5.41) is 3.70. The molecule has 118 valence electrons. The topological polar surface area (TPSA) is 15.3 Å². The molecule has 2 nitrogen and oxygen atoms in total. The van der Waals surface area contributed by atoms with Crippen molar-refractivity contribution in [3.63, 3.8) is 0 Å². The molecule has 1 fully saturated rings. The molecule has 0 saturated carbocycles. The fourth-order valence-electron chi connectivity index (χ4n) is 3.22. The summed E-state index contributed by atoms with van der Waals surface area (Å²) in [5.41, 5.74) is 1.44. The molecule has 1 aromatic rings. The van der Waals surface area contributed by atoms with E-state index in [1.807, 2.05) is 0 Å². The average molecular weight is 288 g/mol. The molecule has 1 saturated heterocycles. The van der Waals surface area contributed by atoms with Crippen molar-refractivity contribution in [3.05, 3.63) is 35.9 Å². The van der Waals surface area contributed by atoms with Gasteiger partial charge in [0.15, 0.2) is 0 Å². The Morgan fingerprint density at radius 2 is 1.81 bits per heavy atom. The lowest BCUT2D eigenvalue weighted by molar-refractivity contribution is 0.262. The summed E-state index contributed by atoms with van der Waals surface area (Å²) in [6.45, 7) is 7.13. The van der Waals surface area contributed by atoms with Crippen LogP contribution in [0.1, 0.15) is 63.5 Å². The Balaban J connectivity index is 1.72. The van der Waals surface area contributed by atoms with Crippen LogP contribution in [0.5, 0.6) is 0 Å². The lowest BCUT2D eigenvalue weighted by Gasteiger charge is -2.24. The van der Waals surface area contributed by atoms with E-state index in [0.29, 0.717) is 6.04 Å². The van der Waals surface area contributed by atoms with E-state index in [2.05, 4.69) is 47.5 Å². The van der Waals surface area contributed by atoms with E-state index in [4.69, 9.17) is 0 Å². The van der Waals surface area contributed by atoms with Crippen molar-refractivity contribution < 1.29 is 0 Å². The van der Waals surface area contributed by atoms with Crippen molar-refractivity contribution >= 4 is 0 Å². The van der Waals surface area contributed by atoms with Gasteiger partial charge in [0.1, 0.15) is 0 Å². The predicted octanol–water partition coefficient (Wildman–Crippen LogP) is 4.38. The summed E-state index contributed by atoms with van der Waals surface area (Å²) >= 11 is 0. The van der Waals surface area contributed by atoms with Crippen LogP contribution in [0.4, 0.5) is 0 Å². The molecular formula is C19H32N2. The highest BCUT2D eigenvalue weighted by atomic mass is 15.2. The van der Waals surface area contributed by atoms with Gasteiger partial charge in [0, 0.05) is 12.6 Å². The first-order valence-corrected chi connectivity index (χ1v) is 8.91. The molecule has 0 aliphatic carbocycles. The van der Waals surface area contributed by atoms with Crippen LogP contribution in [-0.2, 0) is 0 Å². The first kappa shape index (κ1) is 16.5. The largest absolute Gasteiger partial charge is 0.309 e. The number of nitrogens with zero attached hydrogens (tertiary/aromatic N) is 1. The molecule has 21 heavy (non-hydrogen) atoms. The van der Waals surface area contributed by atoms with Crippen LogP contribution in [0.25, 0.3) is 0 Å². The lowest BCUT2D eigenvalue weighted by atomic mass is 10.1. The molecule has 0 spiro atoms. The standard InChI is InChI=1S/C19H32N2/c1-2-3-4-5-6-10-15-21-16-11-14-20-19(17-21)18-12-8-7-9-13-18/h7-9,12-13,19-20H,2-6,10-11,14-17H2,1H3. The van der Waals surface area contributed by atoms with Crippen LogP contribution in [0.3, 0.4) is 0 Å². The Bertz CT molecular complexity index is 363. The Hall–Kier alpha value is -0.860. The van der Waals surface area contributed by atoms with Crippen molar-refractivity contribution in [1.29, 1.82) is 0 Å². The second kappa shape index (κ2) is 9.97. The highest BCUT2D eigenvalue weighted by Gasteiger charge is 2.18. The average Bonchev–Trinajstić information content (AvgIpc) is 2.77. The number of benzene rings is 1. The highest BCUT2D eigenvalue weighted by Crippen LogP contribution is 2.17. The van der Waals surface area contributed by atoms with E-state index < -0.39 is 0 Å². The van der Waals surface area contributed by atoms with Crippen LogP contribution in [-0.4, -0.2) is 31.1 Å². The molecule has 2 heteroatoms. The van der Waals surface area contributed by atoms with Gasteiger partial charge in [-0.05, 0) is 38.0 Å². The van der Waals surface area contributed by atoms with Crippen LogP contribution in [0.15, 0.2) is 30.3 Å². The monoisotopic (exact) mass is 288 g/mol. The molecular weight excluding hydrogens is 256 g/mol. The minimum Gasteiger partial charge on any atom is -0.309 e. The predicted molar refractivity (Wildman–Crippen MR) is 91.6 cm³/mol. The molecule has 2 rings (SSSR count). The molecule has 0 amide bonds. The summed E-state index contributed by atoms with van der Waals surface area (Å²) in [6, 6.07) is 11.4. The van der Waals surface area contributed by atoms with Crippen LogP contribution >= 0.6 is 0 Å². The highest BCUT2D eigenvalue weighted by molar-refractivity contribution is 5.19. The van der Waals surface area contributed by atoms with Gasteiger partial charge >= 0.3 is 0 Å². The molecule has 0 radical (unpaired) electrons. The smallest absolute Gasteiger partial charge is 0.0449 e. The van der Waals surface area contributed by atoms with Gasteiger partial charge in [0.2, 0.25) is 0 Å². The van der Waals surface area contributed by atoms with Crippen LogP contribution in [0, 0.1) is 0 Å². The van der Waals surface area contributed by atoms with E-state index in [1.54, 1.807) is 0 Å². The van der Waals surface area contributed by atoms with Crippen molar-refractivity contribution in [2.24, 2.45) is 0 Å². The SMILES string of the molecule is CCCCCCCCN1CCCNC(c2ccccc2)C1. The summed E-state index contributed by atoms with van der Waals surface area (Å²) in [4.78, 5) is 2.66. The number of hydrogen-bond acceptors (Lipinski definition) is 2. The minimum atomic E-state index is 0.508. The Morgan fingerprint density at radius 3 is 2.62 bits per heavy atom. The van der Waals surface area contributed by atoms with Gasteiger partial charge in [0.05, 0.1) is 0 Å². The molecule has 1 aromatic carbocycles. The van der Waals surface area contributed by atoms with Crippen molar-refractivity contribution in [3.8, 4) is 0 Å². The van der Waals surface area contributed by atoms with E-state index in [0.717, 1.165) is 6.54 Å². The third-order valence-electron chi connectivity index (χ3n) is 4.51. The molecule has 0 bridgehead atoms. The first-order chi connectivity index (χ1) is 10.4. The maximum atomic E-state index is 3.70. The third kappa shape index (κ3) is 6.19. The molecule has 1 atom stereocenters. The molecule has 0 aromatic heterocycles. The summed E-state index contributed by atoms with van der Waals surface area (Å²) < 4.78 is 0. The van der Waals surface area contributed by atoms with Gasteiger partial charge in [-0.25, -0.2) is 0 Å². The number of unbranched alkanes of at least 4 members (excludes halogenated alkanes) is 5. The summed E-state index contributed by atoms with van der Waals surface area (Å²) in [7, 11) is 0. The van der Waals surface area contributed by atoms with Gasteiger partial charge in [-0.1, -0.05) is 69.4 Å². The zero-order valence-electron chi connectivity index (χ0n) is 13.7. The molecule has 1 heterocycles. The summed E-state index contributed by atoms with van der Waals surface area (Å²) in [6.07, 6.45) is 9.64. The fraction of sp³-hybridized carbons (Fsp3) is 0.684. The van der Waals surface area contributed by atoms with E-state index >= 15 is 0 Å². The zero-order chi connectivity index (χ0) is 14.8. The van der Waals surface area contributed by atoms with Crippen molar-refractivity contribution in [2.75, 3.05) is 26.2 Å². The Morgan fingerprint density at radius 1 is 1.05 bits per heavy atom. The van der Waals surface area contributed by atoms with Gasteiger partial charge < -0.3 is 10.2 Å². The number of nitrogens with one attached hydrogen (secondary N) is 1. The Labute approximate surface area is 130 Å². The van der Waals surface area contributed by atoms with Gasteiger partial charge in [-0.15, -0.1) is 0 Å². The zero-order valence-corrected chi connectivity index (χ0v) is 13.7. The maximum absolute atomic E-state index is 3.70.